The van der Waals surface area contributed by atoms with Crippen LogP contribution in [0.15, 0.2) is 28.8 Å². The van der Waals surface area contributed by atoms with Crippen LogP contribution in [0.1, 0.15) is 24.2 Å². The number of rotatable bonds is 5. The summed E-state index contributed by atoms with van der Waals surface area (Å²) >= 11 is 1.65. The third-order valence-corrected chi connectivity index (χ3v) is 4.72. The fourth-order valence-corrected chi connectivity index (χ4v) is 3.17. The SMILES string of the molecule is CSCc1noc(CN2CC(=O)N(c3ccc(C)cc3)C[C@@H]2C)n1. The summed E-state index contributed by atoms with van der Waals surface area (Å²) in [7, 11) is 0. The molecule has 0 unspecified atom stereocenters. The molecule has 1 aromatic carbocycles. The highest BCUT2D eigenvalue weighted by atomic mass is 32.2. The standard InChI is InChI=1S/C17H22N4O2S/c1-12-4-6-14(7-5-12)21-8-13(2)20(10-17(21)22)9-16-18-15(11-24-3)19-23-16/h4-7,13H,8-11H2,1-3H3/t13-/m0/s1. The van der Waals surface area contributed by atoms with Gasteiger partial charge in [-0.25, -0.2) is 0 Å². The first kappa shape index (κ1) is 17.0. The van der Waals surface area contributed by atoms with Crippen molar-refractivity contribution in [1.82, 2.24) is 15.0 Å². The lowest BCUT2D eigenvalue weighted by molar-refractivity contribution is -0.122. The highest BCUT2D eigenvalue weighted by Gasteiger charge is 2.31. The van der Waals surface area contributed by atoms with E-state index in [1.165, 1.54) is 5.56 Å². The molecule has 0 aliphatic carbocycles. The fourth-order valence-electron chi connectivity index (χ4n) is 2.80. The number of nitrogens with zero attached hydrogens (tertiary/aromatic N) is 4. The Labute approximate surface area is 146 Å². The Morgan fingerprint density at radius 3 is 2.79 bits per heavy atom. The second-order valence-corrected chi connectivity index (χ2v) is 7.00. The molecule has 24 heavy (non-hydrogen) atoms. The van der Waals surface area contributed by atoms with Gasteiger partial charge in [0.2, 0.25) is 11.8 Å². The number of aryl methyl sites for hydroxylation is 1. The smallest absolute Gasteiger partial charge is 0.241 e. The van der Waals surface area contributed by atoms with Crippen LogP contribution in [0.5, 0.6) is 0 Å². The van der Waals surface area contributed by atoms with Crippen molar-refractivity contribution in [2.24, 2.45) is 0 Å². The van der Waals surface area contributed by atoms with Gasteiger partial charge in [-0.05, 0) is 32.2 Å². The van der Waals surface area contributed by atoms with E-state index < -0.39 is 0 Å². The Morgan fingerprint density at radius 2 is 2.08 bits per heavy atom. The zero-order valence-electron chi connectivity index (χ0n) is 14.2. The maximum Gasteiger partial charge on any atom is 0.241 e. The number of hydrogen-bond acceptors (Lipinski definition) is 6. The van der Waals surface area contributed by atoms with Crippen LogP contribution in [-0.2, 0) is 17.1 Å². The van der Waals surface area contributed by atoms with Gasteiger partial charge in [-0.2, -0.15) is 16.7 Å². The number of piperazine rings is 1. The summed E-state index contributed by atoms with van der Waals surface area (Å²) in [5.41, 5.74) is 2.15. The van der Waals surface area contributed by atoms with Crippen molar-refractivity contribution in [3.63, 3.8) is 0 Å². The van der Waals surface area contributed by atoms with E-state index in [9.17, 15) is 4.79 Å². The number of carbonyl (C=O) groups excluding carboxylic acids is 1. The Balaban J connectivity index is 1.66. The van der Waals surface area contributed by atoms with Gasteiger partial charge in [-0.15, -0.1) is 0 Å². The first-order valence-electron chi connectivity index (χ1n) is 7.98. The molecule has 2 aromatic rings. The Bertz CT molecular complexity index is 701. The van der Waals surface area contributed by atoms with Gasteiger partial charge in [0.15, 0.2) is 5.82 Å². The van der Waals surface area contributed by atoms with Gasteiger partial charge in [0, 0.05) is 18.3 Å². The van der Waals surface area contributed by atoms with Crippen LogP contribution < -0.4 is 4.90 Å². The molecule has 1 aliphatic heterocycles. The van der Waals surface area contributed by atoms with E-state index in [2.05, 4.69) is 22.0 Å². The number of benzene rings is 1. The largest absolute Gasteiger partial charge is 0.338 e. The zero-order valence-corrected chi connectivity index (χ0v) is 15.0. The molecule has 7 heteroatoms. The van der Waals surface area contributed by atoms with Gasteiger partial charge < -0.3 is 9.42 Å². The second-order valence-electron chi connectivity index (χ2n) is 6.13. The van der Waals surface area contributed by atoms with Crippen LogP contribution in [0.2, 0.25) is 0 Å². The number of anilines is 1. The molecule has 0 saturated carbocycles. The van der Waals surface area contributed by atoms with Crippen molar-refractivity contribution in [2.75, 3.05) is 24.2 Å². The van der Waals surface area contributed by atoms with Crippen molar-refractivity contribution in [1.29, 1.82) is 0 Å². The minimum atomic E-state index is 0.0980. The van der Waals surface area contributed by atoms with Gasteiger partial charge in [0.25, 0.3) is 0 Å². The summed E-state index contributed by atoms with van der Waals surface area (Å²) in [6.45, 7) is 5.69. The number of amides is 1. The molecule has 0 bridgehead atoms. The van der Waals surface area contributed by atoms with Crippen LogP contribution >= 0.6 is 11.8 Å². The topological polar surface area (TPSA) is 62.5 Å². The summed E-state index contributed by atoms with van der Waals surface area (Å²) in [6.07, 6.45) is 2.00. The lowest BCUT2D eigenvalue weighted by Crippen LogP contribution is -2.54. The Morgan fingerprint density at radius 1 is 1.33 bits per heavy atom. The lowest BCUT2D eigenvalue weighted by atomic mass is 10.1. The molecule has 1 aromatic heterocycles. The van der Waals surface area contributed by atoms with Gasteiger partial charge in [-0.1, -0.05) is 22.9 Å². The molecule has 0 N–H and O–H groups in total. The molecule has 2 heterocycles. The predicted octanol–water partition coefficient (Wildman–Crippen LogP) is 2.48. The van der Waals surface area contributed by atoms with E-state index in [1.54, 1.807) is 11.8 Å². The quantitative estimate of drug-likeness (QED) is 0.829. The highest BCUT2D eigenvalue weighted by Crippen LogP contribution is 2.21. The molecular formula is C17H22N4O2S. The lowest BCUT2D eigenvalue weighted by Gasteiger charge is -2.38. The Hall–Kier alpha value is -1.86. The van der Waals surface area contributed by atoms with Crippen molar-refractivity contribution >= 4 is 23.4 Å². The molecule has 3 rings (SSSR count). The third-order valence-electron chi connectivity index (χ3n) is 4.18. The average molecular weight is 346 g/mol. The van der Waals surface area contributed by atoms with Gasteiger partial charge in [-0.3, -0.25) is 9.69 Å². The van der Waals surface area contributed by atoms with Crippen molar-refractivity contribution in [3.05, 3.63) is 41.5 Å². The maximum atomic E-state index is 12.5. The number of carbonyl (C=O) groups is 1. The summed E-state index contributed by atoms with van der Waals surface area (Å²) in [5, 5.41) is 3.96. The molecule has 1 saturated heterocycles. The molecule has 128 valence electrons. The molecule has 6 nitrogen and oxygen atoms in total. The van der Waals surface area contributed by atoms with Crippen LogP contribution in [0.4, 0.5) is 5.69 Å². The first-order chi connectivity index (χ1) is 11.6. The minimum Gasteiger partial charge on any atom is -0.338 e. The van der Waals surface area contributed by atoms with E-state index in [0.29, 0.717) is 31.3 Å². The summed E-state index contributed by atoms with van der Waals surface area (Å²) < 4.78 is 5.29. The van der Waals surface area contributed by atoms with Crippen LogP contribution in [0.3, 0.4) is 0 Å². The average Bonchev–Trinajstić information content (AvgIpc) is 2.99. The molecular weight excluding hydrogens is 324 g/mol. The van der Waals surface area contributed by atoms with Gasteiger partial charge in [0.05, 0.1) is 18.8 Å². The van der Waals surface area contributed by atoms with Crippen LogP contribution in [0, 0.1) is 6.92 Å². The van der Waals surface area contributed by atoms with Crippen molar-refractivity contribution in [3.8, 4) is 0 Å². The first-order valence-corrected chi connectivity index (χ1v) is 9.37. The van der Waals surface area contributed by atoms with E-state index in [-0.39, 0.29) is 11.9 Å². The summed E-state index contributed by atoms with van der Waals surface area (Å²) in [5.74, 6) is 2.11. The maximum absolute atomic E-state index is 12.5. The van der Waals surface area contributed by atoms with Crippen molar-refractivity contribution < 1.29 is 9.32 Å². The molecule has 1 aliphatic rings. The molecule has 1 amide bonds. The molecule has 1 atom stereocenters. The monoisotopic (exact) mass is 346 g/mol. The van der Waals surface area contributed by atoms with Crippen molar-refractivity contribution in [2.45, 2.75) is 32.2 Å². The van der Waals surface area contributed by atoms with Gasteiger partial charge in [0.1, 0.15) is 0 Å². The minimum absolute atomic E-state index is 0.0980. The van der Waals surface area contributed by atoms with Gasteiger partial charge >= 0.3 is 0 Å². The zero-order chi connectivity index (χ0) is 17.1. The van der Waals surface area contributed by atoms with E-state index in [0.717, 1.165) is 11.4 Å². The van der Waals surface area contributed by atoms with Crippen LogP contribution in [0.25, 0.3) is 0 Å². The summed E-state index contributed by atoms with van der Waals surface area (Å²) in [4.78, 5) is 20.9. The van der Waals surface area contributed by atoms with Crippen LogP contribution in [-0.4, -0.2) is 46.3 Å². The number of hydrogen-bond donors (Lipinski definition) is 0. The Kier molecular flexibility index (Phi) is 5.20. The molecule has 0 radical (unpaired) electrons. The summed E-state index contributed by atoms with van der Waals surface area (Å²) in [6, 6.07) is 8.29. The van der Waals surface area contributed by atoms with E-state index in [4.69, 9.17) is 4.52 Å². The van der Waals surface area contributed by atoms with E-state index in [1.807, 2.05) is 42.3 Å². The second kappa shape index (κ2) is 7.36. The third kappa shape index (κ3) is 3.79. The fraction of sp³-hybridized carbons (Fsp3) is 0.471. The number of aromatic nitrogens is 2. The molecule has 0 spiro atoms. The predicted molar refractivity (Wildman–Crippen MR) is 94.9 cm³/mol. The highest BCUT2D eigenvalue weighted by molar-refractivity contribution is 7.97. The molecule has 1 fully saturated rings. The van der Waals surface area contributed by atoms with E-state index >= 15 is 0 Å². The number of thioether (sulfide) groups is 1. The normalized spacial score (nSPS) is 19.0.